The predicted molar refractivity (Wildman–Crippen MR) is 49.1 cm³/mol. The maximum Gasteiger partial charge on any atom is 0.341 e. The Hall–Kier alpha value is -1.98. The van der Waals surface area contributed by atoms with Gasteiger partial charge in [0.1, 0.15) is 5.56 Å². The zero-order chi connectivity index (χ0) is 11.6. The lowest BCUT2D eigenvalue weighted by molar-refractivity contribution is -0.387. The van der Waals surface area contributed by atoms with Gasteiger partial charge in [0.15, 0.2) is 0 Å². The fourth-order valence-corrected chi connectivity index (χ4v) is 1.14. The van der Waals surface area contributed by atoms with Gasteiger partial charge in [-0.2, -0.15) is 4.39 Å². The molecule has 6 heteroatoms. The summed E-state index contributed by atoms with van der Waals surface area (Å²) in [5.41, 5.74) is -0.733. The molecule has 1 aromatic carbocycles. The Balaban J connectivity index is 3.41. The van der Waals surface area contributed by atoms with Gasteiger partial charge in [-0.3, -0.25) is 10.1 Å². The monoisotopic (exact) mass is 213 g/mol. The van der Waals surface area contributed by atoms with E-state index in [2.05, 4.69) is 4.74 Å². The van der Waals surface area contributed by atoms with E-state index in [0.717, 1.165) is 13.2 Å². The number of benzene rings is 1. The van der Waals surface area contributed by atoms with Gasteiger partial charge in [0, 0.05) is 6.07 Å². The van der Waals surface area contributed by atoms with Crippen molar-refractivity contribution in [3.63, 3.8) is 0 Å². The van der Waals surface area contributed by atoms with Crippen LogP contribution in [-0.4, -0.2) is 18.0 Å². The molecule has 0 unspecified atom stereocenters. The van der Waals surface area contributed by atoms with Crippen LogP contribution in [0.4, 0.5) is 10.1 Å². The Morgan fingerprint density at radius 3 is 2.60 bits per heavy atom. The van der Waals surface area contributed by atoms with Gasteiger partial charge in [0.25, 0.3) is 0 Å². The summed E-state index contributed by atoms with van der Waals surface area (Å²) in [6.07, 6.45) is 0. The Labute approximate surface area is 84.6 Å². The van der Waals surface area contributed by atoms with Crippen LogP contribution in [0.5, 0.6) is 0 Å². The van der Waals surface area contributed by atoms with Crippen molar-refractivity contribution < 1.29 is 18.8 Å². The molecule has 0 aromatic heterocycles. The SMILES string of the molecule is COC(=O)c1cc(C)cc([N+](=O)[O-])c1F. The molecule has 0 radical (unpaired) electrons. The molecule has 0 aliphatic heterocycles. The van der Waals surface area contributed by atoms with Gasteiger partial charge < -0.3 is 4.74 Å². The minimum Gasteiger partial charge on any atom is -0.465 e. The van der Waals surface area contributed by atoms with Crippen LogP contribution in [0.2, 0.25) is 0 Å². The van der Waals surface area contributed by atoms with Gasteiger partial charge in [-0.1, -0.05) is 0 Å². The number of carbonyl (C=O) groups is 1. The molecule has 0 amide bonds. The van der Waals surface area contributed by atoms with Crippen molar-refractivity contribution >= 4 is 11.7 Å². The van der Waals surface area contributed by atoms with E-state index in [4.69, 9.17) is 0 Å². The van der Waals surface area contributed by atoms with Crippen molar-refractivity contribution in [1.29, 1.82) is 0 Å². The van der Waals surface area contributed by atoms with Crippen LogP contribution in [0.25, 0.3) is 0 Å². The third-order valence-corrected chi connectivity index (χ3v) is 1.80. The molecule has 15 heavy (non-hydrogen) atoms. The fourth-order valence-electron chi connectivity index (χ4n) is 1.14. The van der Waals surface area contributed by atoms with E-state index in [-0.39, 0.29) is 0 Å². The van der Waals surface area contributed by atoms with Gasteiger partial charge in [0.05, 0.1) is 12.0 Å². The summed E-state index contributed by atoms with van der Waals surface area (Å²) >= 11 is 0. The molecular formula is C9H8FNO4. The second-order valence-corrected chi connectivity index (χ2v) is 2.89. The average Bonchev–Trinajstić information content (AvgIpc) is 2.19. The lowest BCUT2D eigenvalue weighted by Crippen LogP contribution is -2.07. The summed E-state index contributed by atoms with van der Waals surface area (Å²) < 4.78 is 17.7. The van der Waals surface area contributed by atoms with Crippen LogP contribution in [0.15, 0.2) is 12.1 Å². The Bertz CT molecular complexity index is 430. The lowest BCUT2D eigenvalue weighted by atomic mass is 10.1. The zero-order valence-corrected chi connectivity index (χ0v) is 8.11. The van der Waals surface area contributed by atoms with E-state index < -0.39 is 28.0 Å². The van der Waals surface area contributed by atoms with Crippen molar-refractivity contribution in [1.82, 2.24) is 0 Å². The lowest BCUT2D eigenvalue weighted by Gasteiger charge is -2.03. The first-order valence-corrected chi connectivity index (χ1v) is 4.00. The Morgan fingerprint density at radius 2 is 2.13 bits per heavy atom. The zero-order valence-electron chi connectivity index (χ0n) is 8.11. The number of methoxy groups -OCH3 is 1. The molecule has 80 valence electrons. The molecule has 5 nitrogen and oxygen atoms in total. The van der Waals surface area contributed by atoms with E-state index in [1.54, 1.807) is 0 Å². The summed E-state index contributed by atoms with van der Waals surface area (Å²) in [7, 11) is 1.08. The molecule has 0 aliphatic rings. The second kappa shape index (κ2) is 4.04. The van der Waals surface area contributed by atoms with Gasteiger partial charge in [-0.05, 0) is 18.6 Å². The predicted octanol–water partition coefficient (Wildman–Crippen LogP) is 1.83. The fraction of sp³-hybridized carbons (Fsp3) is 0.222. The first-order chi connectivity index (χ1) is 6.97. The van der Waals surface area contributed by atoms with Crippen LogP contribution in [0.3, 0.4) is 0 Å². The first-order valence-electron chi connectivity index (χ1n) is 4.00. The summed E-state index contributed by atoms with van der Waals surface area (Å²) in [4.78, 5) is 20.6. The molecule has 1 aromatic rings. The molecule has 0 saturated carbocycles. The van der Waals surface area contributed by atoms with Crippen molar-refractivity contribution in [2.75, 3.05) is 7.11 Å². The summed E-state index contributed by atoms with van der Waals surface area (Å²) in [5.74, 6) is -2.10. The molecule has 0 N–H and O–H groups in total. The molecule has 0 aliphatic carbocycles. The molecule has 0 atom stereocenters. The van der Waals surface area contributed by atoms with Crippen LogP contribution >= 0.6 is 0 Å². The minimum absolute atomic E-state index is 0.420. The summed E-state index contributed by atoms with van der Waals surface area (Å²) in [6.45, 7) is 1.53. The van der Waals surface area contributed by atoms with Crippen molar-refractivity contribution in [2.45, 2.75) is 6.92 Å². The minimum atomic E-state index is -1.17. The number of nitro groups is 1. The third kappa shape index (κ3) is 2.09. The maximum atomic E-state index is 13.4. The highest BCUT2D eigenvalue weighted by atomic mass is 19.1. The number of halogens is 1. The van der Waals surface area contributed by atoms with Crippen LogP contribution < -0.4 is 0 Å². The van der Waals surface area contributed by atoms with E-state index in [9.17, 15) is 19.3 Å². The summed E-state index contributed by atoms with van der Waals surface area (Å²) in [6, 6.07) is 2.26. The third-order valence-electron chi connectivity index (χ3n) is 1.80. The van der Waals surface area contributed by atoms with Crippen LogP contribution in [0.1, 0.15) is 15.9 Å². The molecular weight excluding hydrogens is 205 g/mol. The number of aryl methyl sites for hydroxylation is 1. The smallest absolute Gasteiger partial charge is 0.341 e. The number of nitrogens with zero attached hydrogens (tertiary/aromatic N) is 1. The molecule has 1 rings (SSSR count). The Kier molecular flexibility index (Phi) is 2.99. The highest BCUT2D eigenvalue weighted by Gasteiger charge is 2.23. The maximum absolute atomic E-state index is 13.4. The number of esters is 1. The van der Waals surface area contributed by atoms with Crippen LogP contribution in [-0.2, 0) is 4.74 Å². The van der Waals surface area contributed by atoms with Crippen molar-refractivity contribution in [3.8, 4) is 0 Å². The van der Waals surface area contributed by atoms with E-state index in [0.29, 0.717) is 5.56 Å². The second-order valence-electron chi connectivity index (χ2n) is 2.89. The highest BCUT2D eigenvalue weighted by Crippen LogP contribution is 2.23. The van der Waals surface area contributed by atoms with Crippen molar-refractivity contribution in [2.24, 2.45) is 0 Å². The van der Waals surface area contributed by atoms with Gasteiger partial charge in [-0.25, -0.2) is 4.79 Å². The van der Waals surface area contributed by atoms with Gasteiger partial charge >= 0.3 is 11.7 Å². The largest absolute Gasteiger partial charge is 0.465 e. The molecule has 0 bridgehead atoms. The Morgan fingerprint density at radius 1 is 1.53 bits per heavy atom. The highest BCUT2D eigenvalue weighted by molar-refractivity contribution is 5.90. The van der Waals surface area contributed by atoms with Gasteiger partial charge in [-0.15, -0.1) is 0 Å². The number of hydrogen-bond donors (Lipinski definition) is 0. The van der Waals surface area contributed by atoms with Crippen molar-refractivity contribution in [3.05, 3.63) is 39.2 Å². The number of ether oxygens (including phenoxy) is 1. The number of carbonyl (C=O) groups excluding carboxylic acids is 1. The summed E-state index contributed by atoms with van der Waals surface area (Å²) in [5, 5.41) is 10.5. The topological polar surface area (TPSA) is 69.4 Å². The average molecular weight is 213 g/mol. The normalized spacial score (nSPS) is 9.80. The molecule has 0 heterocycles. The van der Waals surface area contributed by atoms with Crippen LogP contribution in [0, 0.1) is 22.9 Å². The number of hydrogen-bond acceptors (Lipinski definition) is 4. The molecule has 0 spiro atoms. The molecule has 0 saturated heterocycles. The molecule has 0 fully saturated rings. The van der Waals surface area contributed by atoms with E-state index >= 15 is 0 Å². The first kappa shape index (κ1) is 11.1. The van der Waals surface area contributed by atoms with E-state index in [1.165, 1.54) is 13.0 Å². The number of rotatable bonds is 2. The van der Waals surface area contributed by atoms with Gasteiger partial charge in [0.2, 0.25) is 5.82 Å². The number of nitro benzene ring substituents is 1. The quantitative estimate of drug-likeness (QED) is 0.427. The standard InChI is InChI=1S/C9H8FNO4/c1-5-3-6(9(12)15-2)8(10)7(4-5)11(13)14/h3-4H,1-2H3. The van der Waals surface area contributed by atoms with E-state index in [1.807, 2.05) is 0 Å².